The minimum atomic E-state index is -0.0430. The van der Waals surface area contributed by atoms with Crippen molar-refractivity contribution in [1.29, 1.82) is 0 Å². The molecule has 6 nitrogen and oxygen atoms in total. The van der Waals surface area contributed by atoms with Crippen LogP contribution >= 0.6 is 38.5 Å². The van der Waals surface area contributed by atoms with Crippen LogP contribution in [0.1, 0.15) is 17.4 Å². The third-order valence-electron chi connectivity index (χ3n) is 2.47. The van der Waals surface area contributed by atoms with Crippen molar-refractivity contribution < 1.29 is 0 Å². The first-order chi connectivity index (χ1) is 8.60. The van der Waals surface area contributed by atoms with E-state index in [1.165, 1.54) is 4.80 Å². The maximum atomic E-state index is 5.63. The average Bonchev–Trinajstić information content (AvgIpc) is 2.75. The number of hydrogen-bond acceptors (Lipinski definition) is 5. The molecular formula is C10H12BrIN6. The van der Waals surface area contributed by atoms with Gasteiger partial charge in [0.05, 0.1) is 13.1 Å². The van der Waals surface area contributed by atoms with E-state index in [0.29, 0.717) is 12.2 Å². The van der Waals surface area contributed by atoms with Crippen molar-refractivity contribution in [3.05, 3.63) is 37.6 Å². The first kappa shape index (κ1) is 13.8. The number of halogens is 2. The van der Waals surface area contributed by atoms with E-state index in [-0.39, 0.29) is 6.04 Å². The summed E-state index contributed by atoms with van der Waals surface area (Å²) in [7, 11) is 1.74. The third kappa shape index (κ3) is 3.25. The number of aromatic nitrogens is 4. The molecule has 1 aromatic carbocycles. The van der Waals surface area contributed by atoms with Crippen molar-refractivity contribution >= 4 is 38.5 Å². The fourth-order valence-electron chi connectivity index (χ4n) is 1.63. The Balaban J connectivity index is 2.25. The van der Waals surface area contributed by atoms with E-state index in [4.69, 9.17) is 5.84 Å². The second-order valence-electron chi connectivity index (χ2n) is 3.78. The van der Waals surface area contributed by atoms with Gasteiger partial charge in [0.1, 0.15) is 0 Å². The van der Waals surface area contributed by atoms with E-state index in [0.717, 1.165) is 13.6 Å². The molecule has 1 atom stereocenters. The van der Waals surface area contributed by atoms with Crippen molar-refractivity contribution in [3.63, 3.8) is 0 Å². The number of hydrogen-bond donors (Lipinski definition) is 2. The first-order valence-electron chi connectivity index (χ1n) is 5.24. The zero-order valence-electron chi connectivity index (χ0n) is 9.64. The SMILES string of the molecule is Cn1nnc(CC(NN)c2cc(Br)ccc2I)n1. The topological polar surface area (TPSA) is 81.7 Å². The van der Waals surface area contributed by atoms with Crippen molar-refractivity contribution in [3.8, 4) is 0 Å². The predicted molar refractivity (Wildman–Crippen MR) is 79.4 cm³/mol. The Bertz CT molecular complexity index is 543. The van der Waals surface area contributed by atoms with E-state index in [2.05, 4.69) is 59.4 Å². The predicted octanol–water partition coefficient (Wildman–Crippen LogP) is 1.32. The molecule has 18 heavy (non-hydrogen) atoms. The van der Waals surface area contributed by atoms with Crippen LogP contribution < -0.4 is 11.3 Å². The van der Waals surface area contributed by atoms with Gasteiger partial charge in [-0.2, -0.15) is 4.80 Å². The Kier molecular flexibility index (Phi) is 4.65. The summed E-state index contributed by atoms with van der Waals surface area (Å²) in [6.07, 6.45) is 0.594. The number of nitrogens with two attached hydrogens (primary N) is 1. The fourth-order valence-corrected chi connectivity index (χ4v) is 2.72. The molecule has 3 N–H and O–H groups in total. The number of nitrogens with zero attached hydrogens (tertiary/aromatic N) is 4. The van der Waals surface area contributed by atoms with E-state index >= 15 is 0 Å². The summed E-state index contributed by atoms with van der Waals surface area (Å²) in [5.74, 6) is 6.29. The summed E-state index contributed by atoms with van der Waals surface area (Å²) >= 11 is 5.75. The summed E-state index contributed by atoms with van der Waals surface area (Å²) in [5, 5.41) is 11.9. The zero-order valence-corrected chi connectivity index (χ0v) is 13.4. The van der Waals surface area contributed by atoms with Crippen LogP contribution in [0.2, 0.25) is 0 Å². The minimum absolute atomic E-state index is 0.0430. The Morgan fingerprint density at radius 3 is 2.94 bits per heavy atom. The maximum Gasteiger partial charge on any atom is 0.176 e. The highest BCUT2D eigenvalue weighted by molar-refractivity contribution is 14.1. The molecule has 0 fully saturated rings. The standard InChI is InChI=1S/C10H12BrIN6/c1-18-16-10(15-17-18)5-9(14-13)7-4-6(11)2-3-8(7)12/h2-4,9,14H,5,13H2,1H3. The number of rotatable bonds is 4. The van der Waals surface area contributed by atoms with Gasteiger partial charge in [-0.3, -0.25) is 11.3 Å². The molecule has 0 amide bonds. The first-order valence-corrected chi connectivity index (χ1v) is 7.11. The van der Waals surface area contributed by atoms with Gasteiger partial charge in [-0.15, -0.1) is 10.2 Å². The molecule has 0 spiro atoms. The van der Waals surface area contributed by atoms with Gasteiger partial charge < -0.3 is 0 Å². The highest BCUT2D eigenvalue weighted by Gasteiger charge is 2.16. The van der Waals surface area contributed by atoms with Gasteiger partial charge in [-0.05, 0) is 51.6 Å². The van der Waals surface area contributed by atoms with Crippen molar-refractivity contribution in [2.75, 3.05) is 0 Å². The molecule has 96 valence electrons. The molecule has 1 aromatic heterocycles. The summed E-state index contributed by atoms with van der Waals surface area (Å²) in [6.45, 7) is 0. The summed E-state index contributed by atoms with van der Waals surface area (Å²) in [5.41, 5.74) is 3.91. The van der Waals surface area contributed by atoms with E-state index in [9.17, 15) is 0 Å². The lowest BCUT2D eigenvalue weighted by molar-refractivity contribution is 0.534. The fraction of sp³-hybridized carbons (Fsp3) is 0.300. The molecule has 0 radical (unpaired) electrons. The molecule has 0 saturated carbocycles. The van der Waals surface area contributed by atoms with Crippen LogP contribution in [0.3, 0.4) is 0 Å². The van der Waals surface area contributed by atoms with Crippen LogP contribution in [0.5, 0.6) is 0 Å². The van der Waals surface area contributed by atoms with E-state index in [1.54, 1.807) is 7.05 Å². The lowest BCUT2D eigenvalue weighted by Crippen LogP contribution is -2.30. The minimum Gasteiger partial charge on any atom is -0.271 e. The van der Waals surface area contributed by atoms with Crippen LogP contribution in [-0.2, 0) is 13.5 Å². The molecule has 0 saturated heterocycles. The largest absolute Gasteiger partial charge is 0.271 e. The number of nitrogens with one attached hydrogen (secondary N) is 1. The average molecular weight is 423 g/mol. The monoisotopic (exact) mass is 422 g/mol. The summed E-state index contributed by atoms with van der Waals surface area (Å²) in [4.78, 5) is 1.44. The molecule has 0 aliphatic heterocycles. The Morgan fingerprint density at radius 1 is 1.56 bits per heavy atom. The van der Waals surface area contributed by atoms with Gasteiger partial charge in [0.15, 0.2) is 5.82 Å². The lowest BCUT2D eigenvalue weighted by atomic mass is 10.0. The van der Waals surface area contributed by atoms with Crippen molar-refractivity contribution in [2.45, 2.75) is 12.5 Å². The molecule has 2 aromatic rings. The number of aryl methyl sites for hydroxylation is 1. The summed E-state index contributed by atoms with van der Waals surface area (Å²) in [6, 6.07) is 6.04. The Morgan fingerprint density at radius 2 is 2.33 bits per heavy atom. The number of tetrazole rings is 1. The molecular weight excluding hydrogens is 411 g/mol. The van der Waals surface area contributed by atoms with Crippen LogP contribution in [0.15, 0.2) is 22.7 Å². The normalized spacial score (nSPS) is 12.7. The summed E-state index contributed by atoms with van der Waals surface area (Å²) < 4.78 is 2.16. The molecule has 1 heterocycles. The van der Waals surface area contributed by atoms with Gasteiger partial charge in [-0.25, -0.2) is 0 Å². The quantitative estimate of drug-likeness (QED) is 0.441. The highest BCUT2D eigenvalue weighted by Crippen LogP contribution is 2.25. The molecule has 0 aliphatic carbocycles. The molecule has 0 bridgehead atoms. The Hall–Kier alpha value is -0.580. The van der Waals surface area contributed by atoms with Crippen LogP contribution in [0.4, 0.5) is 0 Å². The van der Waals surface area contributed by atoms with E-state index in [1.807, 2.05) is 18.2 Å². The van der Waals surface area contributed by atoms with Gasteiger partial charge in [0.2, 0.25) is 0 Å². The van der Waals surface area contributed by atoms with Crippen molar-refractivity contribution in [1.82, 2.24) is 25.6 Å². The second-order valence-corrected chi connectivity index (χ2v) is 5.86. The van der Waals surface area contributed by atoms with Crippen LogP contribution in [0, 0.1) is 3.57 Å². The third-order valence-corrected chi connectivity index (χ3v) is 3.95. The maximum absolute atomic E-state index is 5.63. The van der Waals surface area contributed by atoms with E-state index < -0.39 is 0 Å². The lowest BCUT2D eigenvalue weighted by Gasteiger charge is -2.16. The van der Waals surface area contributed by atoms with Gasteiger partial charge in [0, 0.05) is 14.5 Å². The molecule has 8 heteroatoms. The smallest absolute Gasteiger partial charge is 0.176 e. The molecule has 1 unspecified atom stereocenters. The molecule has 2 rings (SSSR count). The van der Waals surface area contributed by atoms with Crippen molar-refractivity contribution in [2.24, 2.45) is 12.9 Å². The van der Waals surface area contributed by atoms with Crippen LogP contribution in [0.25, 0.3) is 0 Å². The Labute approximate surface area is 127 Å². The number of benzene rings is 1. The second kappa shape index (κ2) is 6.04. The van der Waals surface area contributed by atoms with Gasteiger partial charge in [-0.1, -0.05) is 15.9 Å². The van der Waals surface area contributed by atoms with Crippen LogP contribution in [-0.4, -0.2) is 20.2 Å². The van der Waals surface area contributed by atoms with Gasteiger partial charge >= 0.3 is 0 Å². The zero-order chi connectivity index (χ0) is 13.1. The molecule has 0 aliphatic rings. The number of hydrazine groups is 1. The van der Waals surface area contributed by atoms with Gasteiger partial charge in [0.25, 0.3) is 0 Å². The highest BCUT2D eigenvalue weighted by atomic mass is 127.